The van der Waals surface area contributed by atoms with Gasteiger partial charge in [-0.1, -0.05) is 31.2 Å². The minimum Gasteiger partial charge on any atom is -0.381 e. The molecule has 0 aliphatic heterocycles. The van der Waals surface area contributed by atoms with Crippen LogP contribution in [0.2, 0.25) is 0 Å². The predicted molar refractivity (Wildman–Crippen MR) is 76.2 cm³/mol. The van der Waals surface area contributed by atoms with Gasteiger partial charge in [0.1, 0.15) is 5.82 Å². The number of nitro groups is 1. The van der Waals surface area contributed by atoms with Gasteiger partial charge in [0, 0.05) is 29.4 Å². The van der Waals surface area contributed by atoms with Crippen molar-refractivity contribution in [1.82, 2.24) is 0 Å². The lowest BCUT2D eigenvalue weighted by atomic mass is 10.1. The van der Waals surface area contributed by atoms with Crippen LogP contribution in [0.1, 0.15) is 18.1 Å². The minimum absolute atomic E-state index is 0.0889. The summed E-state index contributed by atoms with van der Waals surface area (Å²) in [5, 5.41) is 14.0. The predicted octanol–water partition coefficient (Wildman–Crippen LogP) is 3.91. The van der Waals surface area contributed by atoms with E-state index in [0.717, 1.165) is 0 Å². The molecule has 0 unspecified atom stereocenters. The minimum atomic E-state index is -0.396. The number of nitrogens with one attached hydrogen (secondary N) is 1. The first-order valence-corrected chi connectivity index (χ1v) is 6.36. The third-order valence-corrected chi connectivity index (χ3v) is 3.10. The second kappa shape index (κ2) is 6.14. The maximum Gasteiger partial charge on any atom is 0.274 e. The molecule has 1 N–H and O–H groups in total. The number of hydrogen-bond acceptors (Lipinski definition) is 3. The number of nitro benzene ring substituents is 1. The molecule has 0 aromatic heterocycles. The van der Waals surface area contributed by atoms with Crippen LogP contribution in [-0.4, -0.2) is 4.92 Å². The molecule has 0 atom stereocenters. The maximum absolute atomic E-state index is 13.5. The molecule has 4 nitrogen and oxygen atoms in total. The van der Waals surface area contributed by atoms with Crippen molar-refractivity contribution in [2.24, 2.45) is 0 Å². The van der Waals surface area contributed by atoms with Crippen molar-refractivity contribution >= 4 is 11.4 Å². The Bertz CT molecular complexity index is 629. The molecule has 2 rings (SSSR count). The van der Waals surface area contributed by atoms with Crippen molar-refractivity contribution in [1.29, 1.82) is 0 Å². The third kappa shape index (κ3) is 3.12. The smallest absolute Gasteiger partial charge is 0.274 e. The molecule has 0 aliphatic rings. The van der Waals surface area contributed by atoms with E-state index in [-0.39, 0.29) is 18.0 Å². The van der Waals surface area contributed by atoms with E-state index in [1.54, 1.807) is 30.3 Å². The van der Waals surface area contributed by atoms with Crippen LogP contribution in [0.25, 0.3) is 0 Å². The monoisotopic (exact) mass is 274 g/mol. The fraction of sp³-hybridized carbons (Fsp3) is 0.200. The van der Waals surface area contributed by atoms with Crippen molar-refractivity contribution in [3.8, 4) is 0 Å². The molecule has 104 valence electrons. The molecule has 0 spiro atoms. The van der Waals surface area contributed by atoms with E-state index >= 15 is 0 Å². The first kappa shape index (κ1) is 14.0. The topological polar surface area (TPSA) is 55.2 Å². The highest BCUT2D eigenvalue weighted by Crippen LogP contribution is 2.24. The van der Waals surface area contributed by atoms with Gasteiger partial charge in [-0.3, -0.25) is 10.1 Å². The summed E-state index contributed by atoms with van der Waals surface area (Å²) in [7, 11) is 0. The number of aryl methyl sites for hydroxylation is 1. The number of nitrogens with zero attached hydrogens (tertiary/aromatic N) is 1. The lowest BCUT2D eigenvalue weighted by Crippen LogP contribution is -2.03. The van der Waals surface area contributed by atoms with Gasteiger partial charge in [-0.15, -0.1) is 0 Å². The van der Waals surface area contributed by atoms with E-state index < -0.39 is 4.92 Å². The summed E-state index contributed by atoms with van der Waals surface area (Å²) in [6.07, 6.45) is 0.601. The normalized spacial score (nSPS) is 10.3. The maximum atomic E-state index is 13.5. The van der Waals surface area contributed by atoms with Crippen molar-refractivity contribution in [3.63, 3.8) is 0 Å². The average Bonchev–Trinajstić information content (AvgIpc) is 2.46. The first-order valence-electron chi connectivity index (χ1n) is 6.36. The zero-order valence-corrected chi connectivity index (χ0v) is 11.1. The molecule has 0 saturated carbocycles. The second-order valence-corrected chi connectivity index (χ2v) is 4.40. The van der Waals surface area contributed by atoms with Crippen molar-refractivity contribution in [3.05, 3.63) is 69.5 Å². The fourth-order valence-corrected chi connectivity index (χ4v) is 1.98. The Kier molecular flexibility index (Phi) is 4.30. The number of benzene rings is 2. The zero-order valence-electron chi connectivity index (χ0n) is 11.1. The molecule has 0 radical (unpaired) electrons. The fourth-order valence-electron chi connectivity index (χ4n) is 1.98. The standard InChI is InChI=1S/C15H15FN2O2/c1-2-11-7-8-13(9-15(11)18(19)20)17-10-12-5-3-4-6-14(12)16/h3-9,17H,2,10H2,1H3. The molecular weight excluding hydrogens is 259 g/mol. The van der Waals surface area contributed by atoms with Crippen LogP contribution >= 0.6 is 0 Å². The molecule has 0 saturated heterocycles. The van der Waals surface area contributed by atoms with Crippen LogP contribution in [0.4, 0.5) is 15.8 Å². The van der Waals surface area contributed by atoms with E-state index in [9.17, 15) is 14.5 Å². The molecule has 5 heteroatoms. The van der Waals surface area contributed by atoms with E-state index in [0.29, 0.717) is 23.2 Å². The number of halogens is 1. The van der Waals surface area contributed by atoms with E-state index in [2.05, 4.69) is 5.32 Å². The van der Waals surface area contributed by atoms with Gasteiger partial charge in [0.2, 0.25) is 0 Å². The summed E-state index contributed by atoms with van der Waals surface area (Å²) in [5.41, 5.74) is 1.91. The lowest BCUT2D eigenvalue weighted by molar-refractivity contribution is -0.385. The molecule has 0 aliphatic carbocycles. The quantitative estimate of drug-likeness (QED) is 0.664. The average molecular weight is 274 g/mol. The number of anilines is 1. The summed E-state index contributed by atoms with van der Waals surface area (Å²) in [6.45, 7) is 2.16. The van der Waals surface area contributed by atoms with Crippen molar-refractivity contribution < 1.29 is 9.31 Å². The molecular formula is C15H15FN2O2. The van der Waals surface area contributed by atoms with Gasteiger partial charge in [0.15, 0.2) is 0 Å². The highest BCUT2D eigenvalue weighted by molar-refractivity contribution is 5.55. The van der Waals surface area contributed by atoms with E-state index in [4.69, 9.17) is 0 Å². The third-order valence-electron chi connectivity index (χ3n) is 3.10. The SMILES string of the molecule is CCc1ccc(NCc2ccccc2F)cc1[N+](=O)[O-]. The molecule has 2 aromatic rings. The molecule has 2 aromatic carbocycles. The summed E-state index contributed by atoms with van der Waals surface area (Å²) < 4.78 is 13.5. The summed E-state index contributed by atoms with van der Waals surface area (Å²) in [5.74, 6) is -0.292. The molecule has 0 fully saturated rings. The zero-order chi connectivity index (χ0) is 14.5. The van der Waals surface area contributed by atoms with Crippen LogP contribution < -0.4 is 5.32 Å². The molecule has 0 bridgehead atoms. The Morgan fingerprint density at radius 3 is 2.60 bits per heavy atom. The van der Waals surface area contributed by atoms with Crippen LogP contribution in [0.15, 0.2) is 42.5 Å². The highest BCUT2D eigenvalue weighted by Gasteiger charge is 2.13. The first-order chi connectivity index (χ1) is 9.61. The van der Waals surface area contributed by atoms with E-state index in [1.165, 1.54) is 12.1 Å². The summed E-state index contributed by atoms with van der Waals surface area (Å²) in [4.78, 5) is 10.6. The van der Waals surface area contributed by atoms with E-state index in [1.807, 2.05) is 6.92 Å². The van der Waals surface area contributed by atoms with Crippen LogP contribution in [0.3, 0.4) is 0 Å². The number of rotatable bonds is 5. The molecule has 20 heavy (non-hydrogen) atoms. The largest absolute Gasteiger partial charge is 0.381 e. The summed E-state index contributed by atoms with van der Waals surface area (Å²) >= 11 is 0. The van der Waals surface area contributed by atoms with Crippen LogP contribution in [-0.2, 0) is 13.0 Å². The highest BCUT2D eigenvalue weighted by atomic mass is 19.1. The number of hydrogen-bond donors (Lipinski definition) is 1. The second-order valence-electron chi connectivity index (χ2n) is 4.40. The van der Waals surface area contributed by atoms with Crippen LogP contribution in [0, 0.1) is 15.9 Å². The van der Waals surface area contributed by atoms with Gasteiger partial charge < -0.3 is 5.32 Å². The summed E-state index contributed by atoms with van der Waals surface area (Å²) in [6, 6.07) is 11.4. The lowest BCUT2D eigenvalue weighted by Gasteiger charge is -2.08. The van der Waals surface area contributed by atoms with Gasteiger partial charge in [-0.05, 0) is 18.6 Å². The Labute approximate surface area is 116 Å². The van der Waals surface area contributed by atoms with Gasteiger partial charge in [-0.25, -0.2) is 4.39 Å². The Morgan fingerprint density at radius 2 is 1.95 bits per heavy atom. The Hall–Kier alpha value is -2.43. The van der Waals surface area contributed by atoms with Gasteiger partial charge in [0.25, 0.3) is 5.69 Å². The Morgan fingerprint density at radius 1 is 1.20 bits per heavy atom. The van der Waals surface area contributed by atoms with Gasteiger partial charge in [0.05, 0.1) is 4.92 Å². The van der Waals surface area contributed by atoms with Crippen LogP contribution in [0.5, 0.6) is 0 Å². The van der Waals surface area contributed by atoms with Crippen molar-refractivity contribution in [2.75, 3.05) is 5.32 Å². The molecule has 0 amide bonds. The molecule has 0 heterocycles. The van der Waals surface area contributed by atoms with Crippen molar-refractivity contribution in [2.45, 2.75) is 19.9 Å². The Balaban J connectivity index is 2.16. The van der Waals surface area contributed by atoms with Gasteiger partial charge >= 0.3 is 0 Å². The van der Waals surface area contributed by atoms with Gasteiger partial charge in [-0.2, -0.15) is 0 Å².